The maximum Gasteiger partial charge on any atom is 0.194 e. The van der Waals surface area contributed by atoms with Crippen LogP contribution in [-0.4, -0.2) is 61.9 Å². The summed E-state index contributed by atoms with van der Waals surface area (Å²) in [6.07, 6.45) is 1.09. The zero-order chi connectivity index (χ0) is 22.1. The van der Waals surface area contributed by atoms with Crippen LogP contribution in [0.25, 0.3) is 0 Å². The molecule has 2 N–H and O–H groups in total. The van der Waals surface area contributed by atoms with E-state index in [-0.39, 0.29) is 11.9 Å². The van der Waals surface area contributed by atoms with Crippen LogP contribution < -0.4 is 15.0 Å². The van der Waals surface area contributed by atoms with Crippen LogP contribution in [0.15, 0.2) is 53.5 Å². The molecule has 1 aliphatic heterocycles. The molecule has 1 aliphatic rings. The Kier molecular flexibility index (Phi) is 8.53. The number of guanidine groups is 1. The van der Waals surface area contributed by atoms with Gasteiger partial charge in [-0.15, -0.1) is 0 Å². The number of aliphatic imine (C=N–C) groups is 1. The van der Waals surface area contributed by atoms with Crippen molar-refractivity contribution < 1.29 is 14.2 Å². The third-order valence-corrected chi connectivity index (χ3v) is 5.36. The second-order valence-corrected chi connectivity index (χ2v) is 7.76. The molecule has 0 aromatic heterocycles. The molecule has 7 heteroatoms. The Morgan fingerprint density at radius 3 is 2.65 bits per heavy atom. The highest BCUT2D eigenvalue weighted by atomic mass is 19.1. The van der Waals surface area contributed by atoms with Crippen molar-refractivity contribution >= 4 is 11.6 Å². The molecule has 0 aliphatic carbocycles. The molecule has 31 heavy (non-hydrogen) atoms. The standard InChI is InChI=1S/C24H33FN4O2/c1-3-26-24(28(2)15-16-31-21-7-5-4-6-8-21)27-18-19-9-10-23(22(25)17-19)29-13-11-20(30)12-14-29/h4-10,17,20,30H,3,11-16,18H2,1-2H3,(H,26,27). The van der Waals surface area contributed by atoms with Gasteiger partial charge in [-0.2, -0.15) is 0 Å². The van der Waals surface area contributed by atoms with E-state index in [0.717, 1.165) is 23.8 Å². The fourth-order valence-electron chi connectivity index (χ4n) is 3.57. The lowest BCUT2D eigenvalue weighted by atomic mass is 10.1. The van der Waals surface area contributed by atoms with Gasteiger partial charge in [-0.05, 0) is 49.6 Å². The molecule has 1 saturated heterocycles. The smallest absolute Gasteiger partial charge is 0.194 e. The minimum atomic E-state index is -0.271. The van der Waals surface area contributed by atoms with E-state index >= 15 is 0 Å². The lowest BCUT2D eigenvalue weighted by Gasteiger charge is -2.31. The van der Waals surface area contributed by atoms with Gasteiger partial charge in [0.2, 0.25) is 0 Å². The first-order valence-corrected chi connectivity index (χ1v) is 11.0. The Morgan fingerprint density at radius 1 is 1.23 bits per heavy atom. The van der Waals surface area contributed by atoms with Crippen LogP contribution in [0.1, 0.15) is 25.3 Å². The molecule has 1 fully saturated rings. The molecule has 0 amide bonds. The molecule has 0 atom stereocenters. The number of nitrogens with one attached hydrogen (secondary N) is 1. The van der Waals surface area contributed by atoms with Gasteiger partial charge in [-0.25, -0.2) is 9.38 Å². The van der Waals surface area contributed by atoms with E-state index in [2.05, 4.69) is 10.3 Å². The van der Waals surface area contributed by atoms with E-state index < -0.39 is 0 Å². The molecule has 6 nitrogen and oxygen atoms in total. The number of piperidine rings is 1. The van der Waals surface area contributed by atoms with Gasteiger partial charge in [0.15, 0.2) is 5.96 Å². The molecule has 3 rings (SSSR count). The Labute approximate surface area is 184 Å². The summed E-state index contributed by atoms with van der Waals surface area (Å²) >= 11 is 0. The first kappa shape index (κ1) is 22.9. The molecule has 168 valence electrons. The number of halogens is 1. The van der Waals surface area contributed by atoms with Crippen molar-refractivity contribution in [3.05, 3.63) is 59.9 Å². The fraction of sp³-hybridized carbons (Fsp3) is 0.458. The average Bonchev–Trinajstić information content (AvgIpc) is 2.78. The van der Waals surface area contributed by atoms with Gasteiger partial charge in [0, 0.05) is 26.7 Å². The van der Waals surface area contributed by atoms with Gasteiger partial charge in [-0.1, -0.05) is 24.3 Å². The number of nitrogens with zero attached hydrogens (tertiary/aromatic N) is 3. The summed E-state index contributed by atoms with van der Waals surface area (Å²) in [6.45, 7) is 5.73. The topological polar surface area (TPSA) is 60.3 Å². The number of aliphatic hydroxyl groups is 1. The van der Waals surface area contributed by atoms with Gasteiger partial charge in [0.05, 0.1) is 24.9 Å². The van der Waals surface area contributed by atoms with Gasteiger partial charge >= 0.3 is 0 Å². The van der Waals surface area contributed by atoms with E-state index in [1.807, 2.05) is 66.2 Å². The number of ether oxygens (including phenoxy) is 1. The minimum Gasteiger partial charge on any atom is -0.492 e. The third-order valence-electron chi connectivity index (χ3n) is 5.36. The molecular weight excluding hydrogens is 395 g/mol. The summed E-state index contributed by atoms with van der Waals surface area (Å²) in [5.74, 6) is 1.36. The van der Waals surface area contributed by atoms with Gasteiger partial charge in [0.1, 0.15) is 18.2 Å². The second kappa shape index (κ2) is 11.6. The Balaban J connectivity index is 1.57. The fourth-order valence-corrected chi connectivity index (χ4v) is 3.57. The number of anilines is 1. The number of hydrogen-bond donors (Lipinski definition) is 2. The van der Waals surface area contributed by atoms with Gasteiger partial charge in [0.25, 0.3) is 0 Å². The zero-order valence-electron chi connectivity index (χ0n) is 18.4. The average molecular weight is 429 g/mol. The lowest BCUT2D eigenvalue weighted by Crippen LogP contribution is -2.40. The summed E-state index contributed by atoms with van der Waals surface area (Å²) in [6, 6.07) is 15.0. The van der Waals surface area contributed by atoms with E-state index in [1.165, 1.54) is 0 Å². The third kappa shape index (κ3) is 6.85. The van der Waals surface area contributed by atoms with Crippen LogP contribution in [-0.2, 0) is 6.54 Å². The highest BCUT2D eigenvalue weighted by Crippen LogP contribution is 2.24. The number of likely N-dealkylation sites (N-methyl/N-ethyl adjacent to an activating group) is 1. The van der Waals surface area contributed by atoms with Crippen molar-refractivity contribution in [2.24, 2.45) is 4.99 Å². The van der Waals surface area contributed by atoms with Crippen molar-refractivity contribution in [3.63, 3.8) is 0 Å². The summed E-state index contributed by atoms with van der Waals surface area (Å²) in [4.78, 5) is 8.67. The molecule has 1 heterocycles. The Hall–Kier alpha value is -2.80. The van der Waals surface area contributed by atoms with E-state index in [4.69, 9.17) is 4.74 Å². The second-order valence-electron chi connectivity index (χ2n) is 7.76. The first-order chi connectivity index (χ1) is 15.1. The van der Waals surface area contributed by atoms with Crippen molar-refractivity contribution in [3.8, 4) is 5.75 Å². The number of hydrogen-bond acceptors (Lipinski definition) is 4. The lowest BCUT2D eigenvalue weighted by molar-refractivity contribution is 0.145. The maximum atomic E-state index is 14.7. The summed E-state index contributed by atoms with van der Waals surface area (Å²) in [5.41, 5.74) is 1.42. The largest absolute Gasteiger partial charge is 0.492 e. The normalized spacial score (nSPS) is 15.1. The number of aliphatic hydroxyl groups excluding tert-OH is 1. The van der Waals surface area contributed by atoms with Crippen molar-refractivity contribution in [1.29, 1.82) is 0 Å². The molecule has 0 saturated carbocycles. The summed E-state index contributed by atoms with van der Waals surface area (Å²) in [5, 5.41) is 12.9. The van der Waals surface area contributed by atoms with Crippen LogP contribution in [0.3, 0.4) is 0 Å². The summed E-state index contributed by atoms with van der Waals surface area (Å²) < 4.78 is 20.5. The highest BCUT2D eigenvalue weighted by Gasteiger charge is 2.19. The molecule has 0 bridgehead atoms. The number of benzene rings is 2. The predicted octanol–water partition coefficient (Wildman–Crippen LogP) is 3.26. The van der Waals surface area contributed by atoms with E-state index in [0.29, 0.717) is 51.3 Å². The van der Waals surface area contributed by atoms with Crippen molar-refractivity contribution in [2.45, 2.75) is 32.4 Å². The molecular formula is C24H33FN4O2. The molecule has 2 aromatic rings. The molecule has 0 radical (unpaired) electrons. The maximum absolute atomic E-state index is 14.7. The Bertz CT molecular complexity index is 839. The van der Waals surface area contributed by atoms with Crippen LogP contribution in [0, 0.1) is 5.82 Å². The molecule has 0 unspecified atom stereocenters. The van der Waals surface area contributed by atoms with Crippen LogP contribution in [0.5, 0.6) is 5.75 Å². The number of para-hydroxylation sites is 1. The van der Waals surface area contributed by atoms with Crippen LogP contribution in [0.4, 0.5) is 10.1 Å². The van der Waals surface area contributed by atoms with E-state index in [9.17, 15) is 9.50 Å². The minimum absolute atomic E-state index is 0.237. The predicted molar refractivity (Wildman–Crippen MR) is 123 cm³/mol. The molecule has 0 spiro atoms. The van der Waals surface area contributed by atoms with Crippen LogP contribution in [0.2, 0.25) is 0 Å². The van der Waals surface area contributed by atoms with Crippen molar-refractivity contribution in [1.82, 2.24) is 10.2 Å². The van der Waals surface area contributed by atoms with Crippen molar-refractivity contribution in [2.75, 3.05) is 44.7 Å². The zero-order valence-corrected chi connectivity index (χ0v) is 18.4. The first-order valence-electron chi connectivity index (χ1n) is 11.0. The molecule has 2 aromatic carbocycles. The highest BCUT2D eigenvalue weighted by molar-refractivity contribution is 5.79. The van der Waals surface area contributed by atoms with Gasteiger partial charge in [-0.3, -0.25) is 0 Å². The SMILES string of the molecule is CCNC(=NCc1ccc(N2CCC(O)CC2)c(F)c1)N(C)CCOc1ccccc1. The van der Waals surface area contributed by atoms with E-state index in [1.54, 1.807) is 6.07 Å². The number of rotatable bonds is 8. The Morgan fingerprint density at radius 2 is 1.97 bits per heavy atom. The quantitative estimate of drug-likeness (QED) is 0.499. The summed E-state index contributed by atoms with van der Waals surface area (Å²) in [7, 11) is 1.96. The van der Waals surface area contributed by atoms with Crippen LogP contribution >= 0.6 is 0 Å². The monoisotopic (exact) mass is 428 g/mol. The van der Waals surface area contributed by atoms with Gasteiger partial charge < -0.3 is 25.0 Å².